The summed E-state index contributed by atoms with van der Waals surface area (Å²) in [5.74, 6) is 1.28. The van der Waals surface area contributed by atoms with Crippen molar-refractivity contribution in [1.82, 2.24) is 18.7 Å². The van der Waals surface area contributed by atoms with Gasteiger partial charge in [-0.3, -0.25) is 4.40 Å². The van der Waals surface area contributed by atoms with Gasteiger partial charge in [0.2, 0.25) is 0 Å². The Labute approximate surface area is 163 Å². The first-order chi connectivity index (χ1) is 12.9. The lowest BCUT2D eigenvalue weighted by atomic mass is 9.89. The van der Waals surface area contributed by atoms with Crippen molar-refractivity contribution in [3.63, 3.8) is 0 Å². The number of aromatic nitrogens is 3. The fourth-order valence-electron chi connectivity index (χ4n) is 3.66. The highest BCUT2D eigenvalue weighted by Crippen LogP contribution is 2.33. The quantitative estimate of drug-likeness (QED) is 0.667. The molecule has 0 atom stereocenters. The van der Waals surface area contributed by atoms with E-state index in [2.05, 4.69) is 23.0 Å². The molecular formula is C18H23N5O2S2. The van der Waals surface area contributed by atoms with E-state index in [0.29, 0.717) is 24.0 Å². The van der Waals surface area contributed by atoms with E-state index in [0.717, 1.165) is 18.7 Å². The zero-order chi connectivity index (χ0) is 19.2. The van der Waals surface area contributed by atoms with E-state index < -0.39 is 10.0 Å². The molecule has 1 aliphatic heterocycles. The second-order valence-corrected chi connectivity index (χ2v) is 9.88. The Morgan fingerprint density at radius 1 is 1.19 bits per heavy atom. The van der Waals surface area contributed by atoms with Gasteiger partial charge < -0.3 is 4.90 Å². The van der Waals surface area contributed by atoms with Gasteiger partial charge in [-0.25, -0.2) is 18.4 Å². The average Bonchev–Trinajstić information content (AvgIpc) is 3.25. The maximum absolute atomic E-state index is 13.0. The maximum Gasteiger partial charge on any atom is 0.260 e. The summed E-state index contributed by atoms with van der Waals surface area (Å²) in [5.41, 5.74) is 2.44. The van der Waals surface area contributed by atoms with Crippen LogP contribution in [0.3, 0.4) is 0 Å². The second kappa shape index (κ2) is 6.88. The van der Waals surface area contributed by atoms with E-state index in [1.54, 1.807) is 14.9 Å². The smallest absolute Gasteiger partial charge is 0.260 e. The van der Waals surface area contributed by atoms with Gasteiger partial charge in [-0.2, -0.15) is 4.31 Å². The third-order valence-corrected chi connectivity index (χ3v) is 7.85. The molecule has 1 aliphatic rings. The summed E-state index contributed by atoms with van der Waals surface area (Å²) in [6, 6.07) is 2.10. The summed E-state index contributed by atoms with van der Waals surface area (Å²) in [4.78, 5) is 11.4. The monoisotopic (exact) mass is 405 g/mol. The summed E-state index contributed by atoms with van der Waals surface area (Å²) in [5, 5.41) is 2.10. The van der Waals surface area contributed by atoms with Crippen molar-refractivity contribution >= 4 is 32.1 Å². The van der Waals surface area contributed by atoms with Crippen molar-refractivity contribution in [1.29, 1.82) is 0 Å². The van der Waals surface area contributed by atoms with Gasteiger partial charge in [0.25, 0.3) is 10.0 Å². The summed E-state index contributed by atoms with van der Waals surface area (Å²) in [6.45, 7) is 3.13. The van der Waals surface area contributed by atoms with E-state index in [9.17, 15) is 8.42 Å². The van der Waals surface area contributed by atoms with E-state index in [1.165, 1.54) is 28.7 Å². The van der Waals surface area contributed by atoms with Crippen molar-refractivity contribution in [2.24, 2.45) is 0 Å². The predicted octanol–water partition coefficient (Wildman–Crippen LogP) is 2.73. The number of pyridine rings is 1. The largest absolute Gasteiger partial charge is 0.363 e. The lowest BCUT2D eigenvalue weighted by Gasteiger charge is -2.31. The minimum atomic E-state index is -3.53. The van der Waals surface area contributed by atoms with Crippen LogP contribution in [0.1, 0.15) is 29.9 Å². The number of thiazole rings is 1. The Kier molecular flexibility index (Phi) is 4.69. The number of nitrogens with zero attached hydrogens (tertiary/aromatic N) is 5. The molecule has 0 unspecified atom stereocenters. The average molecular weight is 406 g/mol. The molecule has 144 valence electrons. The lowest BCUT2D eigenvalue weighted by Crippen LogP contribution is -2.38. The van der Waals surface area contributed by atoms with Crippen molar-refractivity contribution < 1.29 is 8.42 Å². The van der Waals surface area contributed by atoms with Gasteiger partial charge in [0.05, 0.1) is 6.20 Å². The molecule has 1 fully saturated rings. The van der Waals surface area contributed by atoms with E-state index in [4.69, 9.17) is 0 Å². The standard InChI is InChI=1S/C18H23N5O2S2/c1-13-10-16(21(2)3)19-11-15(13)14-4-6-22(7-5-14)27(24,25)17-12-20-18-23(17)8-9-26-18/h8-12,14H,4-7H2,1-3H3. The first-order valence-corrected chi connectivity index (χ1v) is 11.2. The van der Waals surface area contributed by atoms with Crippen LogP contribution in [-0.2, 0) is 10.0 Å². The molecule has 0 spiro atoms. The van der Waals surface area contributed by atoms with Gasteiger partial charge in [-0.1, -0.05) is 0 Å². The molecule has 1 saturated heterocycles. The summed E-state index contributed by atoms with van der Waals surface area (Å²) >= 11 is 1.43. The SMILES string of the molecule is Cc1cc(N(C)C)ncc1C1CCN(S(=O)(=O)c2cnc3sccn23)CC1. The van der Waals surface area contributed by atoms with Crippen LogP contribution in [0, 0.1) is 6.92 Å². The molecule has 0 aromatic carbocycles. The summed E-state index contributed by atoms with van der Waals surface area (Å²) in [6.07, 6.45) is 6.77. The molecule has 4 heterocycles. The molecule has 3 aromatic heterocycles. The van der Waals surface area contributed by atoms with Gasteiger partial charge in [-0.05, 0) is 42.9 Å². The highest BCUT2D eigenvalue weighted by atomic mass is 32.2. The zero-order valence-electron chi connectivity index (χ0n) is 15.7. The number of aryl methyl sites for hydroxylation is 1. The van der Waals surface area contributed by atoms with Gasteiger partial charge >= 0.3 is 0 Å². The van der Waals surface area contributed by atoms with Gasteiger partial charge in [0.1, 0.15) is 5.82 Å². The van der Waals surface area contributed by atoms with Gasteiger partial charge in [0, 0.05) is 45.0 Å². The number of hydrogen-bond donors (Lipinski definition) is 0. The third kappa shape index (κ3) is 3.24. The number of anilines is 1. The van der Waals surface area contributed by atoms with Crippen LogP contribution in [0.15, 0.2) is 35.1 Å². The number of piperidine rings is 1. The highest BCUT2D eigenvalue weighted by molar-refractivity contribution is 7.89. The van der Waals surface area contributed by atoms with Crippen LogP contribution in [0.4, 0.5) is 5.82 Å². The topological polar surface area (TPSA) is 70.8 Å². The van der Waals surface area contributed by atoms with Crippen molar-refractivity contribution in [2.75, 3.05) is 32.1 Å². The Balaban J connectivity index is 1.51. The fraction of sp³-hybridized carbons (Fsp3) is 0.444. The molecule has 27 heavy (non-hydrogen) atoms. The molecule has 0 bridgehead atoms. The number of hydrogen-bond acceptors (Lipinski definition) is 6. The maximum atomic E-state index is 13.0. The number of imidazole rings is 1. The summed E-state index contributed by atoms with van der Waals surface area (Å²) in [7, 11) is 0.425. The van der Waals surface area contributed by atoms with Crippen LogP contribution < -0.4 is 4.90 Å². The number of rotatable bonds is 4. The third-order valence-electron chi connectivity index (χ3n) is 5.21. The fourth-order valence-corrected chi connectivity index (χ4v) is 5.95. The Morgan fingerprint density at radius 2 is 1.93 bits per heavy atom. The molecule has 0 N–H and O–H groups in total. The van der Waals surface area contributed by atoms with Gasteiger partial charge in [0.15, 0.2) is 9.99 Å². The Bertz CT molecular complexity index is 1060. The molecule has 0 amide bonds. The van der Waals surface area contributed by atoms with Crippen molar-refractivity contribution in [2.45, 2.75) is 30.7 Å². The predicted molar refractivity (Wildman–Crippen MR) is 107 cm³/mol. The van der Waals surface area contributed by atoms with Crippen LogP contribution in [0.25, 0.3) is 4.96 Å². The molecular weight excluding hydrogens is 382 g/mol. The van der Waals surface area contributed by atoms with Crippen LogP contribution in [0.2, 0.25) is 0 Å². The highest BCUT2D eigenvalue weighted by Gasteiger charge is 2.32. The van der Waals surface area contributed by atoms with E-state index >= 15 is 0 Å². The normalized spacial score (nSPS) is 16.9. The van der Waals surface area contributed by atoms with Crippen LogP contribution in [-0.4, -0.2) is 54.3 Å². The summed E-state index contributed by atoms with van der Waals surface area (Å²) < 4.78 is 29.3. The molecule has 3 aromatic rings. The van der Waals surface area contributed by atoms with Gasteiger partial charge in [-0.15, -0.1) is 11.3 Å². The molecule has 9 heteroatoms. The van der Waals surface area contributed by atoms with Crippen molar-refractivity contribution in [3.05, 3.63) is 41.2 Å². The first-order valence-electron chi connectivity index (χ1n) is 8.92. The van der Waals surface area contributed by atoms with Crippen LogP contribution >= 0.6 is 11.3 Å². The zero-order valence-corrected chi connectivity index (χ0v) is 17.3. The van der Waals surface area contributed by atoms with E-state index in [1.807, 2.05) is 30.6 Å². The molecule has 4 rings (SSSR count). The lowest BCUT2D eigenvalue weighted by molar-refractivity contribution is 0.318. The van der Waals surface area contributed by atoms with E-state index in [-0.39, 0.29) is 5.03 Å². The second-order valence-electron chi connectivity index (χ2n) is 7.12. The number of fused-ring (bicyclic) bond motifs is 1. The molecule has 7 nitrogen and oxygen atoms in total. The minimum absolute atomic E-state index is 0.255. The molecule has 0 saturated carbocycles. The van der Waals surface area contributed by atoms with Crippen molar-refractivity contribution in [3.8, 4) is 0 Å². The Hall–Kier alpha value is -1.97. The molecule has 0 radical (unpaired) electrons. The van der Waals surface area contributed by atoms with Crippen LogP contribution in [0.5, 0.6) is 0 Å². The minimum Gasteiger partial charge on any atom is -0.363 e. The first kappa shape index (κ1) is 18.4. The number of sulfonamides is 1. The Morgan fingerprint density at radius 3 is 2.59 bits per heavy atom. The molecule has 0 aliphatic carbocycles.